The van der Waals surface area contributed by atoms with Crippen molar-refractivity contribution in [2.75, 3.05) is 59.6 Å². The standard InChI is InChI=1S/C28H33ClN4O4/c1-3-37-28(35)33-10-9-22-23-18-21(29)7-8-24(23)30-25(22)26(33)19-5-4-6-20(17-19)27(34)32-13-11-31(12-14-32)15-16-36-2/h4-8,17-18,26,30H,3,9-16H2,1-2H3. The number of rotatable bonds is 6. The zero-order valence-electron chi connectivity index (χ0n) is 21.3. The van der Waals surface area contributed by atoms with E-state index in [1.54, 1.807) is 12.0 Å². The van der Waals surface area contributed by atoms with Crippen LogP contribution in [0, 0.1) is 0 Å². The van der Waals surface area contributed by atoms with Crippen LogP contribution in [0.25, 0.3) is 10.9 Å². The maximum absolute atomic E-state index is 13.5. The Labute approximate surface area is 222 Å². The van der Waals surface area contributed by atoms with Crippen LogP contribution in [0.3, 0.4) is 0 Å². The molecule has 3 aromatic rings. The van der Waals surface area contributed by atoms with E-state index in [2.05, 4.69) is 9.88 Å². The number of fused-ring (bicyclic) bond motifs is 3. The lowest BCUT2D eigenvalue weighted by Gasteiger charge is -2.36. The molecule has 0 saturated carbocycles. The summed E-state index contributed by atoms with van der Waals surface area (Å²) in [7, 11) is 1.70. The van der Waals surface area contributed by atoms with Crippen molar-refractivity contribution in [1.82, 2.24) is 19.7 Å². The lowest BCUT2D eigenvalue weighted by Crippen LogP contribution is -2.49. The first-order valence-corrected chi connectivity index (χ1v) is 13.2. The summed E-state index contributed by atoms with van der Waals surface area (Å²) < 4.78 is 10.6. The van der Waals surface area contributed by atoms with Gasteiger partial charge in [-0.1, -0.05) is 23.7 Å². The molecule has 2 aliphatic rings. The quantitative estimate of drug-likeness (QED) is 0.519. The molecule has 9 heteroatoms. The van der Waals surface area contributed by atoms with Crippen molar-refractivity contribution in [1.29, 1.82) is 0 Å². The number of aromatic amines is 1. The van der Waals surface area contributed by atoms with E-state index in [0.717, 1.165) is 47.4 Å². The minimum absolute atomic E-state index is 0.00962. The summed E-state index contributed by atoms with van der Waals surface area (Å²) in [6, 6.07) is 13.0. The molecule has 0 radical (unpaired) electrons. The third-order valence-electron chi connectivity index (χ3n) is 7.31. The molecular formula is C28H33ClN4O4. The van der Waals surface area contributed by atoms with Crippen molar-refractivity contribution >= 4 is 34.5 Å². The van der Waals surface area contributed by atoms with Gasteiger partial charge < -0.3 is 19.4 Å². The van der Waals surface area contributed by atoms with Gasteiger partial charge in [0.05, 0.1) is 13.2 Å². The van der Waals surface area contributed by atoms with Crippen LogP contribution in [0.2, 0.25) is 5.02 Å². The van der Waals surface area contributed by atoms with Gasteiger partial charge in [-0.25, -0.2) is 4.79 Å². The van der Waals surface area contributed by atoms with Gasteiger partial charge in [-0.05, 0) is 54.8 Å². The molecule has 37 heavy (non-hydrogen) atoms. The molecule has 2 amide bonds. The van der Waals surface area contributed by atoms with Gasteiger partial charge in [-0.15, -0.1) is 0 Å². The Hall–Kier alpha value is -3.07. The lowest BCUT2D eigenvalue weighted by molar-refractivity contribution is 0.0594. The molecule has 196 valence electrons. The number of H-pyrrole nitrogens is 1. The first-order chi connectivity index (χ1) is 18.0. The number of hydrogen-bond donors (Lipinski definition) is 1. The molecule has 1 fully saturated rings. The third kappa shape index (κ3) is 5.19. The summed E-state index contributed by atoms with van der Waals surface area (Å²) in [4.78, 5) is 36.0. The van der Waals surface area contributed by atoms with E-state index < -0.39 is 6.04 Å². The van der Waals surface area contributed by atoms with Crippen molar-refractivity contribution in [2.24, 2.45) is 0 Å². The van der Waals surface area contributed by atoms with Crippen LogP contribution in [-0.2, 0) is 15.9 Å². The topological polar surface area (TPSA) is 78.1 Å². The number of nitrogens with zero attached hydrogens (tertiary/aromatic N) is 3. The molecule has 1 saturated heterocycles. The average Bonchev–Trinajstić information content (AvgIpc) is 3.29. The van der Waals surface area contributed by atoms with Crippen molar-refractivity contribution < 1.29 is 19.1 Å². The number of nitrogens with one attached hydrogen (secondary N) is 1. The van der Waals surface area contributed by atoms with Gasteiger partial charge in [0.25, 0.3) is 5.91 Å². The highest BCUT2D eigenvalue weighted by Gasteiger charge is 2.36. The number of carbonyl (C=O) groups is 2. The second-order valence-electron chi connectivity index (χ2n) is 9.50. The van der Waals surface area contributed by atoms with Gasteiger partial charge in [-0.3, -0.25) is 14.6 Å². The fourth-order valence-corrected chi connectivity index (χ4v) is 5.60. The number of carbonyl (C=O) groups excluding carboxylic acids is 2. The second-order valence-corrected chi connectivity index (χ2v) is 9.94. The Balaban J connectivity index is 1.46. The predicted octanol–water partition coefficient (Wildman–Crippen LogP) is 4.33. The van der Waals surface area contributed by atoms with E-state index in [1.165, 1.54) is 0 Å². The minimum Gasteiger partial charge on any atom is -0.450 e. The lowest BCUT2D eigenvalue weighted by atomic mass is 9.91. The zero-order chi connectivity index (χ0) is 25.9. The van der Waals surface area contributed by atoms with Crippen LogP contribution in [0.5, 0.6) is 0 Å². The summed E-state index contributed by atoms with van der Waals surface area (Å²) in [5.74, 6) is 0.00962. The molecule has 3 heterocycles. The minimum atomic E-state index is -0.396. The first kappa shape index (κ1) is 25.6. The number of hydrogen-bond acceptors (Lipinski definition) is 5. The fourth-order valence-electron chi connectivity index (χ4n) is 5.43. The largest absolute Gasteiger partial charge is 0.450 e. The van der Waals surface area contributed by atoms with E-state index >= 15 is 0 Å². The van der Waals surface area contributed by atoms with E-state index in [9.17, 15) is 9.59 Å². The molecule has 1 aromatic heterocycles. The summed E-state index contributed by atoms with van der Waals surface area (Å²) >= 11 is 6.31. The number of halogens is 1. The van der Waals surface area contributed by atoms with Gasteiger partial charge in [0.15, 0.2) is 0 Å². The highest BCUT2D eigenvalue weighted by Crippen LogP contribution is 2.39. The van der Waals surface area contributed by atoms with Gasteiger partial charge in [0, 0.05) is 73.6 Å². The van der Waals surface area contributed by atoms with Crippen molar-refractivity contribution in [2.45, 2.75) is 19.4 Å². The summed E-state index contributed by atoms with van der Waals surface area (Å²) in [5.41, 5.74) is 4.55. The highest BCUT2D eigenvalue weighted by molar-refractivity contribution is 6.31. The number of aromatic nitrogens is 1. The maximum atomic E-state index is 13.5. The second kappa shape index (κ2) is 11.1. The third-order valence-corrected chi connectivity index (χ3v) is 7.55. The summed E-state index contributed by atoms with van der Waals surface area (Å²) in [6.07, 6.45) is 0.329. The molecule has 0 bridgehead atoms. The van der Waals surface area contributed by atoms with E-state index in [1.807, 2.05) is 54.3 Å². The summed E-state index contributed by atoms with van der Waals surface area (Å²) in [5, 5.41) is 1.74. The van der Waals surface area contributed by atoms with Gasteiger partial charge >= 0.3 is 6.09 Å². The molecule has 1 N–H and O–H groups in total. The monoisotopic (exact) mass is 524 g/mol. The Morgan fingerprint density at radius 1 is 1.08 bits per heavy atom. The maximum Gasteiger partial charge on any atom is 0.410 e. The smallest absolute Gasteiger partial charge is 0.410 e. The number of ether oxygens (including phenoxy) is 2. The molecule has 2 aromatic carbocycles. The van der Waals surface area contributed by atoms with Crippen LogP contribution < -0.4 is 0 Å². The number of methoxy groups -OCH3 is 1. The Morgan fingerprint density at radius 3 is 2.65 bits per heavy atom. The summed E-state index contributed by atoms with van der Waals surface area (Å²) in [6.45, 7) is 7.19. The van der Waals surface area contributed by atoms with Crippen LogP contribution in [-0.4, -0.2) is 91.3 Å². The average molecular weight is 525 g/mol. The van der Waals surface area contributed by atoms with E-state index in [4.69, 9.17) is 21.1 Å². The molecule has 8 nitrogen and oxygen atoms in total. The molecule has 1 atom stereocenters. The van der Waals surface area contributed by atoms with E-state index in [-0.39, 0.29) is 12.0 Å². The van der Waals surface area contributed by atoms with Gasteiger partial charge in [0.2, 0.25) is 0 Å². The number of piperazine rings is 1. The van der Waals surface area contributed by atoms with Crippen LogP contribution >= 0.6 is 11.6 Å². The van der Waals surface area contributed by atoms with Gasteiger partial charge in [0.1, 0.15) is 6.04 Å². The number of benzene rings is 2. The van der Waals surface area contributed by atoms with Crippen LogP contribution in [0.1, 0.15) is 40.1 Å². The zero-order valence-corrected chi connectivity index (χ0v) is 22.1. The number of amides is 2. The van der Waals surface area contributed by atoms with E-state index in [0.29, 0.717) is 49.9 Å². The molecular weight excluding hydrogens is 492 g/mol. The predicted molar refractivity (Wildman–Crippen MR) is 143 cm³/mol. The van der Waals surface area contributed by atoms with Gasteiger partial charge in [-0.2, -0.15) is 0 Å². The fraction of sp³-hybridized carbons (Fsp3) is 0.429. The molecule has 1 unspecified atom stereocenters. The Bertz CT molecular complexity index is 1280. The normalized spacial score (nSPS) is 18.2. The van der Waals surface area contributed by atoms with Crippen molar-refractivity contribution in [3.8, 4) is 0 Å². The van der Waals surface area contributed by atoms with Crippen molar-refractivity contribution in [3.63, 3.8) is 0 Å². The SMILES string of the molecule is CCOC(=O)N1CCc2c([nH]c3ccc(Cl)cc23)C1c1cccc(C(=O)N2CCN(CCOC)CC2)c1. The molecule has 0 spiro atoms. The Kier molecular flexibility index (Phi) is 7.69. The highest BCUT2D eigenvalue weighted by atomic mass is 35.5. The van der Waals surface area contributed by atoms with Crippen molar-refractivity contribution in [3.05, 3.63) is 69.9 Å². The first-order valence-electron chi connectivity index (χ1n) is 12.8. The van der Waals surface area contributed by atoms with Crippen LogP contribution in [0.15, 0.2) is 42.5 Å². The Morgan fingerprint density at radius 2 is 1.89 bits per heavy atom. The molecule has 2 aliphatic heterocycles. The molecule has 0 aliphatic carbocycles. The molecule has 5 rings (SSSR count). The van der Waals surface area contributed by atoms with Crippen LogP contribution in [0.4, 0.5) is 4.79 Å².